The number of carbonyl (C=O) groups is 1. The minimum absolute atomic E-state index is 0.142. The van der Waals surface area contributed by atoms with Gasteiger partial charge in [-0.1, -0.05) is 55.0 Å². The van der Waals surface area contributed by atoms with Crippen LogP contribution in [-0.4, -0.2) is 28.1 Å². The summed E-state index contributed by atoms with van der Waals surface area (Å²) in [7, 11) is -2.07. The van der Waals surface area contributed by atoms with Crippen molar-refractivity contribution in [1.29, 1.82) is 0 Å². The Hall–Kier alpha value is -3.36. The van der Waals surface area contributed by atoms with Gasteiger partial charge in [0.25, 0.3) is 0 Å². The van der Waals surface area contributed by atoms with Crippen LogP contribution in [-0.2, 0) is 31.7 Å². The lowest BCUT2D eigenvalue weighted by Crippen LogP contribution is -2.18. The van der Waals surface area contributed by atoms with Gasteiger partial charge >= 0.3 is 5.97 Å². The largest absolute Gasteiger partial charge is 0.496 e. The number of fused-ring (bicyclic) bond motifs is 3. The van der Waals surface area contributed by atoms with Gasteiger partial charge in [0.05, 0.1) is 25.0 Å². The van der Waals surface area contributed by atoms with E-state index in [4.69, 9.17) is 19.3 Å². The molecule has 0 radical (unpaired) electrons. The second kappa shape index (κ2) is 11.8. The summed E-state index contributed by atoms with van der Waals surface area (Å²) in [6.07, 6.45) is 3.62. The summed E-state index contributed by atoms with van der Waals surface area (Å²) in [5.74, 6) is 1.00. The molecule has 0 spiro atoms. The highest BCUT2D eigenvalue weighted by Crippen LogP contribution is 2.49. The van der Waals surface area contributed by atoms with Crippen LogP contribution in [0.5, 0.6) is 11.5 Å². The number of hydrogen-bond acceptors (Lipinski definition) is 6. The number of benzene rings is 3. The molecule has 37 heavy (non-hydrogen) atoms. The molecule has 3 aromatic carbocycles. The number of methoxy groups -OCH3 is 1. The smallest absolute Gasteiger partial charge is 0.305 e. The van der Waals surface area contributed by atoms with Crippen molar-refractivity contribution in [2.75, 3.05) is 13.7 Å². The van der Waals surface area contributed by atoms with Crippen LogP contribution >= 0.6 is 0 Å². The molecule has 1 atom stereocenters. The number of rotatable bonds is 11. The van der Waals surface area contributed by atoms with E-state index in [-0.39, 0.29) is 11.7 Å². The molecular weight excluding hydrogens is 490 g/mol. The number of nitrogens with two attached hydrogens (primary N) is 1. The Morgan fingerprint density at radius 2 is 1.81 bits per heavy atom. The molecule has 1 unspecified atom stereocenters. The van der Waals surface area contributed by atoms with Gasteiger partial charge in [-0.2, -0.15) is 0 Å². The summed E-state index contributed by atoms with van der Waals surface area (Å²) >= 11 is 0. The van der Waals surface area contributed by atoms with Crippen LogP contribution in [0.2, 0.25) is 0 Å². The molecule has 1 heterocycles. The van der Waals surface area contributed by atoms with Gasteiger partial charge in [0, 0.05) is 12.0 Å². The highest BCUT2D eigenvalue weighted by atomic mass is 32.2. The lowest BCUT2D eigenvalue weighted by Gasteiger charge is -2.31. The molecule has 1 aliphatic heterocycles. The van der Waals surface area contributed by atoms with Gasteiger partial charge in [-0.15, -0.1) is 0 Å². The molecule has 4 rings (SSSR count). The van der Waals surface area contributed by atoms with Crippen molar-refractivity contribution in [3.8, 4) is 22.6 Å². The Kier molecular flexibility index (Phi) is 8.51. The number of unbranched alkanes of at least 4 members (excludes halogenated alkanes) is 2. The molecule has 0 saturated heterocycles. The van der Waals surface area contributed by atoms with E-state index in [0.717, 1.165) is 47.9 Å². The molecular formula is C29H33NO6S. The van der Waals surface area contributed by atoms with Crippen LogP contribution in [0.3, 0.4) is 0 Å². The van der Waals surface area contributed by atoms with Crippen LogP contribution < -0.4 is 14.6 Å². The highest BCUT2D eigenvalue weighted by molar-refractivity contribution is 7.88. The SMILES string of the molecule is CCOC(=O)CCCCCc1cccc(C2Oc3cccc(OC)c3-c3ccc(CS(N)(=O)=O)cc32)c1. The van der Waals surface area contributed by atoms with Gasteiger partial charge in [-0.05, 0) is 60.6 Å². The fourth-order valence-electron chi connectivity index (χ4n) is 4.78. The van der Waals surface area contributed by atoms with E-state index in [1.165, 1.54) is 5.56 Å². The molecule has 7 nitrogen and oxygen atoms in total. The number of ether oxygens (including phenoxy) is 3. The molecule has 1 aliphatic rings. The molecule has 0 aromatic heterocycles. The van der Waals surface area contributed by atoms with Gasteiger partial charge < -0.3 is 14.2 Å². The fourth-order valence-corrected chi connectivity index (χ4v) is 5.43. The third-order valence-corrected chi connectivity index (χ3v) is 7.13. The van der Waals surface area contributed by atoms with Crippen molar-refractivity contribution in [2.24, 2.45) is 5.14 Å². The van der Waals surface area contributed by atoms with Gasteiger partial charge in [0.2, 0.25) is 10.0 Å². The second-order valence-electron chi connectivity index (χ2n) is 9.17. The quantitative estimate of drug-likeness (QED) is 0.270. The van der Waals surface area contributed by atoms with Crippen molar-refractivity contribution in [3.63, 3.8) is 0 Å². The van der Waals surface area contributed by atoms with Gasteiger partial charge in [0.1, 0.15) is 17.6 Å². The van der Waals surface area contributed by atoms with Gasteiger partial charge in [-0.25, -0.2) is 13.6 Å². The van der Waals surface area contributed by atoms with Crippen molar-refractivity contribution in [3.05, 3.63) is 82.9 Å². The molecule has 2 N–H and O–H groups in total. The van der Waals surface area contributed by atoms with Crippen LogP contribution in [0.15, 0.2) is 60.7 Å². The summed E-state index contributed by atoms with van der Waals surface area (Å²) in [6, 6.07) is 19.5. The van der Waals surface area contributed by atoms with Gasteiger partial charge in [0.15, 0.2) is 0 Å². The lowest BCUT2D eigenvalue weighted by atomic mass is 9.87. The standard InChI is InChI=1S/C29H33NO6S/c1-3-35-27(31)14-6-4-5-9-20-10-7-11-22(17-20)29-24-18-21(19-37(30,32)33)15-16-23(24)28-25(34-2)12-8-13-26(28)36-29/h7-8,10-13,15-18,29H,3-6,9,14,19H2,1-2H3,(H2,30,32,33). The minimum atomic E-state index is -3.68. The Morgan fingerprint density at radius 1 is 1.00 bits per heavy atom. The normalized spacial score (nSPS) is 14.3. The maximum atomic E-state index is 11.8. The molecule has 0 fully saturated rings. The third kappa shape index (κ3) is 6.70. The molecule has 0 saturated carbocycles. The Bertz CT molecular complexity index is 1370. The van der Waals surface area contributed by atoms with E-state index in [2.05, 4.69) is 12.1 Å². The minimum Gasteiger partial charge on any atom is -0.496 e. The van der Waals surface area contributed by atoms with E-state index in [1.54, 1.807) is 13.2 Å². The van der Waals surface area contributed by atoms with Crippen molar-refractivity contribution < 1.29 is 27.4 Å². The summed E-state index contributed by atoms with van der Waals surface area (Å²) in [4.78, 5) is 11.5. The topological polar surface area (TPSA) is 105 Å². The van der Waals surface area contributed by atoms with Crippen LogP contribution in [0.1, 0.15) is 61.0 Å². The van der Waals surface area contributed by atoms with E-state index in [9.17, 15) is 13.2 Å². The zero-order valence-corrected chi connectivity index (χ0v) is 22.1. The number of carbonyl (C=O) groups excluding carboxylic acids is 1. The molecule has 196 valence electrons. The van der Waals surface area contributed by atoms with E-state index in [1.807, 2.05) is 49.4 Å². The zero-order chi connectivity index (χ0) is 26.4. The summed E-state index contributed by atoms with van der Waals surface area (Å²) in [5.41, 5.74) is 5.40. The first-order chi connectivity index (χ1) is 17.8. The van der Waals surface area contributed by atoms with Crippen molar-refractivity contribution in [1.82, 2.24) is 0 Å². The average Bonchev–Trinajstić information content (AvgIpc) is 2.87. The zero-order valence-electron chi connectivity index (χ0n) is 21.2. The fraction of sp³-hybridized carbons (Fsp3) is 0.345. The Morgan fingerprint density at radius 3 is 2.57 bits per heavy atom. The van der Waals surface area contributed by atoms with Crippen LogP contribution in [0.4, 0.5) is 0 Å². The number of sulfonamides is 1. The first-order valence-electron chi connectivity index (χ1n) is 12.5. The van der Waals surface area contributed by atoms with Crippen molar-refractivity contribution >= 4 is 16.0 Å². The van der Waals surface area contributed by atoms with Gasteiger partial charge in [-0.3, -0.25) is 4.79 Å². The van der Waals surface area contributed by atoms with E-state index >= 15 is 0 Å². The average molecular weight is 524 g/mol. The Balaban J connectivity index is 1.60. The number of esters is 1. The third-order valence-electron chi connectivity index (χ3n) is 6.39. The van der Waals surface area contributed by atoms with Crippen LogP contribution in [0.25, 0.3) is 11.1 Å². The van der Waals surface area contributed by atoms with E-state index in [0.29, 0.717) is 30.1 Å². The predicted octanol–water partition coefficient (Wildman–Crippen LogP) is 5.30. The van der Waals surface area contributed by atoms with E-state index < -0.39 is 16.1 Å². The first kappa shape index (κ1) is 26.7. The molecule has 0 amide bonds. The second-order valence-corrected chi connectivity index (χ2v) is 10.8. The molecule has 3 aromatic rings. The first-order valence-corrected chi connectivity index (χ1v) is 14.2. The highest BCUT2D eigenvalue weighted by Gasteiger charge is 2.30. The molecule has 8 heteroatoms. The molecule has 0 aliphatic carbocycles. The maximum absolute atomic E-state index is 11.8. The lowest BCUT2D eigenvalue weighted by molar-refractivity contribution is -0.143. The van der Waals surface area contributed by atoms with Crippen molar-refractivity contribution in [2.45, 2.75) is 50.9 Å². The van der Waals surface area contributed by atoms with Crippen LogP contribution in [0, 0.1) is 0 Å². The Labute approximate surface area is 218 Å². The number of hydrogen-bond donors (Lipinski definition) is 1. The number of aryl methyl sites for hydroxylation is 1. The summed E-state index contributed by atoms with van der Waals surface area (Å²) in [5, 5.41) is 5.33. The monoisotopic (exact) mass is 523 g/mol. The summed E-state index contributed by atoms with van der Waals surface area (Å²) in [6.45, 7) is 2.23. The predicted molar refractivity (Wildman–Crippen MR) is 143 cm³/mol. The maximum Gasteiger partial charge on any atom is 0.305 e. The molecule has 0 bridgehead atoms. The number of primary sulfonamides is 1. The summed E-state index contributed by atoms with van der Waals surface area (Å²) < 4.78 is 40.7.